The van der Waals surface area contributed by atoms with E-state index in [0.717, 1.165) is 49.9 Å². The molecule has 3 fully saturated rings. The van der Waals surface area contributed by atoms with E-state index in [0.29, 0.717) is 4.34 Å². The molecule has 20 heavy (non-hydrogen) atoms. The van der Waals surface area contributed by atoms with Crippen LogP contribution in [0.1, 0.15) is 49.0 Å². The van der Waals surface area contributed by atoms with E-state index in [4.69, 9.17) is 23.2 Å². The van der Waals surface area contributed by atoms with Gasteiger partial charge in [0.1, 0.15) is 4.34 Å². The summed E-state index contributed by atoms with van der Waals surface area (Å²) in [6.07, 6.45) is 5.64. The van der Waals surface area contributed by atoms with Crippen molar-refractivity contribution in [3.05, 3.63) is 14.5 Å². The smallest absolute Gasteiger partial charge is 0.272 e. The van der Waals surface area contributed by atoms with Crippen molar-refractivity contribution in [3.63, 3.8) is 0 Å². The Morgan fingerprint density at radius 2 is 1.85 bits per heavy atom. The summed E-state index contributed by atoms with van der Waals surface area (Å²) in [5.41, 5.74) is 0.155. The topological polar surface area (TPSA) is 62.2 Å². The Hall–Kier alpha value is -0.360. The summed E-state index contributed by atoms with van der Waals surface area (Å²) in [4.78, 5) is 16.3. The fraction of sp³-hybridized carbons (Fsp3) is 0.692. The number of nitrogens with zero attached hydrogens (tertiary/aromatic N) is 1. The van der Waals surface area contributed by atoms with E-state index in [2.05, 4.69) is 10.3 Å². The Bertz CT molecular complexity index is 522. The molecule has 7 heteroatoms. The molecule has 0 spiro atoms. The normalized spacial score (nSPS) is 32.4. The number of aliphatic hydroxyl groups is 1. The van der Waals surface area contributed by atoms with Crippen LogP contribution in [0.4, 0.5) is 0 Å². The number of rotatable bonds is 3. The fourth-order valence-corrected chi connectivity index (χ4v) is 4.71. The third-order valence-corrected chi connectivity index (χ3v) is 6.25. The Balaban J connectivity index is 1.73. The molecule has 2 N–H and O–H groups in total. The molecule has 1 heterocycles. The summed E-state index contributed by atoms with van der Waals surface area (Å²) in [6.45, 7) is 0.255. The standard InChI is InChI=1S/C13H16Cl2N2O2S/c14-9-8(16-11(15)20-9)10(19)17-13-4-1-12(7-18,2-5-13)3-6-13/h18H,1-7H2,(H,17,19). The van der Waals surface area contributed by atoms with E-state index in [1.54, 1.807) is 0 Å². The average molecular weight is 335 g/mol. The number of hydrogen-bond acceptors (Lipinski definition) is 4. The van der Waals surface area contributed by atoms with Crippen molar-refractivity contribution in [2.24, 2.45) is 5.41 Å². The minimum atomic E-state index is -0.239. The summed E-state index contributed by atoms with van der Waals surface area (Å²) >= 11 is 12.9. The van der Waals surface area contributed by atoms with E-state index < -0.39 is 0 Å². The van der Waals surface area contributed by atoms with Crippen LogP contribution in [0.5, 0.6) is 0 Å². The maximum Gasteiger partial charge on any atom is 0.272 e. The van der Waals surface area contributed by atoms with Crippen LogP contribution in [0, 0.1) is 5.41 Å². The predicted molar refractivity (Wildman–Crippen MR) is 79.6 cm³/mol. The third-order valence-electron chi connectivity index (χ3n) is 4.89. The lowest BCUT2D eigenvalue weighted by Gasteiger charge is -2.53. The number of carbonyl (C=O) groups is 1. The zero-order chi connectivity index (χ0) is 14.4. The van der Waals surface area contributed by atoms with Gasteiger partial charge in [-0.3, -0.25) is 4.79 Å². The lowest BCUT2D eigenvalue weighted by atomic mass is 9.57. The molecule has 110 valence electrons. The van der Waals surface area contributed by atoms with Gasteiger partial charge in [-0.1, -0.05) is 34.5 Å². The average Bonchev–Trinajstić information content (AvgIpc) is 2.80. The molecule has 4 rings (SSSR count). The molecular weight excluding hydrogens is 319 g/mol. The van der Waals surface area contributed by atoms with Crippen LogP contribution < -0.4 is 5.32 Å². The predicted octanol–water partition coefficient (Wildman–Crippen LogP) is 3.27. The summed E-state index contributed by atoms with van der Waals surface area (Å²) in [7, 11) is 0. The molecule has 0 unspecified atom stereocenters. The number of hydrogen-bond donors (Lipinski definition) is 2. The molecule has 4 nitrogen and oxygen atoms in total. The van der Waals surface area contributed by atoms with Gasteiger partial charge in [-0.2, -0.15) is 0 Å². The highest BCUT2D eigenvalue weighted by Gasteiger charge is 2.49. The summed E-state index contributed by atoms with van der Waals surface area (Å²) in [6, 6.07) is 0. The fourth-order valence-electron chi connectivity index (χ4n) is 3.41. The van der Waals surface area contributed by atoms with Gasteiger partial charge in [-0.05, 0) is 43.9 Å². The molecule has 3 aliphatic rings. The number of carbonyl (C=O) groups excluding carboxylic acids is 1. The summed E-state index contributed by atoms with van der Waals surface area (Å²) in [5.74, 6) is -0.239. The van der Waals surface area contributed by atoms with Gasteiger partial charge in [0.2, 0.25) is 0 Å². The molecule has 1 amide bonds. The largest absolute Gasteiger partial charge is 0.396 e. The quantitative estimate of drug-likeness (QED) is 0.891. The zero-order valence-corrected chi connectivity index (χ0v) is 13.2. The Kier molecular flexibility index (Phi) is 3.73. The van der Waals surface area contributed by atoms with Crippen molar-refractivity contribution >= 4 is 40.4 Å². The molecule has 3 aliphatic carbocycles. The lowest BCUT2D eigenvalue weighted by Crippen LogP contribution is -2.57. The number of nitrogens with one attached hydrogen (secondary N) is 1. The minimum Gasteiger partial charge on any atom is -0.396 e. The van der Waals surface area contributed by atoms with Gasteiger partial charge < -0.3 is 10.4 Å². The SMILES string of the molecule is O=C(NC12CCC(CO)(CC1)CC2)c1nc(Cl)sc1Cl. The Morgan fingerprint density at radius 1 is 1.25 bits per heavy atom. The van der Waals surface area contributed by atoms with E-state index in [1.165, 1.54) is 0 Å². The zero-order valence-electron chi connectivity index (χ0n) is 10.9. The van der Waals surface area contributed by atoms with Gasteiger partial charge in [0.05, 0.1) is 0 Å². The van der Waals surface area contributed by atoms with Gasteiger partial charge in [-0.15, -0.1) is 0 Å². The molecule has 1 aromatic rings. The maximum atomic E-state index is 12.3. The first-order chi connectivity index (χ1) is 9.48. The molecule has 1 aromatic heterocycles. The van der Waals surface area contributed by atoms with Gasteiger partial charge >= 0.3 is 0 Å². The van der Waals surface area contributed by atoms with Crippen LogP contribution in [0.15, 0.2) is 0 Å². The van der Waals surface area contributed by atoms with Crippen molar-refractivity contribution in [3.8, 4) is 0 Å². The van der Waals surface area contributed by atoms with Crippen LogP contribution in [0.25, 0.3) is 0 Å². The third kappa shape index (κ3) is 2.45. The molecule has 0 aliphatic heterocycles. The molecular formula is C13H16Cl2N2O2S. The second-order valence-electron chi connectivity index (χ2n) is 5.98. The van der Waals surface area contributed by atoms with Crippen LogP contribution in [0.3, 0.4) is 0 Å². The minimum absolute atomic E-state index is 0.0913. The summed E-state index contributed by atoms with van der Waals surface area (Å²) in [5, 5.41) is 12.6. The van der Waals surface area contributed by atoms with Crippen LogP contribution >= 0.6 is 34.5 Å². The van der Waals surface area contributed by atoms with E-state index >= 15 is 0 Å². The van der Waals surface area contributed by atoms with Crippen molar-refractivity contribution in [2.45, 2.75) is 44.1 Å². The second kappa shape index (κ2) is 5.13. The number of aromatic nitrogens is 1. The number of fused-ring (bicyclic) bond motifs is 3. The van der Waals surface area contributed by atoms with Crippen LogP contribution in [-0.4, -0.2) is 28.1 Å². The number of thiazole rings is 1. The monoisotopic (exact) mass is 334 g/mol. The molecule has 3 saturated carbocycles. The highest BCUT2D eigenvalue weighted by atomic mass is 35.5. The van der Waals surface area contributed by atoms with Crippen molar-refractivity contribution in [1.82, 2.24) is 10.3 Å². The van der Waals surface area contributed by atoms with Crippen molar-refractivity contribution in [2.75, 3.05) is 6.61 Å². The maximum absolute atomic E-state index is 12.3. The van der Waals surface area contributed by atoms with E-state index in [1.807, 2.05) is 0 Å². The molecule has 0 saturated heterocycles. The van der Waals surface area contributed by atoms with Gasteiger partial charge in [0, 0.05) is 12.1 Å². The van der Waals surface area contributed by atoms with Gasteiger partial charge in [-0.25, -0.2) is 4.98 Å². The molecule has 2 bridgehead atoms. The lowest BCUT2D eigenvalue weighted by molar-refractivity contribution is -0.0152. The highest BCUT2D eigenvalue weighted by Crippen LogP contribution is 2.52. The van der Waals surface area contributed by atoms with Crippen molar-refractivity contribution < 1.29 is 9.90 Å². The molecule has 0 atom stereocenters. The summed E-state index contributed by atoms with van der Waals surface area (Å²) < 4.78 is 0.615. The molecule has 0 radical (unpaired) electrons. The van der Waals surface area contributed by atoms with E-state index in [9.17, 15) is 9.90 Å². The van der Waals surface area contributed by atoms with E-state index in [-0.39, 0.29) is 33.6 Å². The Morgan fingerprint density at radius 3 is 2.30 bits per heavy atom. The number of aliphatic hydroxyl groups excluding tert-OH is 1. The van der Waals surface area contributed by atoms with Crippen molar-refractivity contribution in [1.29, 1.82) is 0 Å². The first kappa shape index (κ1) is 14.6. The van der Waals surface area contributed by atoms with Crippen LogP contribution in [0.2, 0.25) is 8.80 Å². The first-order valence-corrected chi connectivity index (χ1v) is 8.30. The second-order valence-corrected chi connectivity index (χ2v) is 8.16. The number of amides is 1. The number of halogens is 2. The Labute approximate surface area is 131 Å². The van der Waals surface area contributed by atoms with Gasteiger partial charge in [0.25, 0.3) is 5.91 Å². The highest BCUT2D eigenvalue weighted by molar-refractivity contribution is 7.19. The first-order valence-electron chi connectivity index (χ1n) is 6.73. The molecule has 0 aromatic carbocycles. The van der Waals surface area contributed by atoms with Gasteiger partial charge in [0.15, 0.2) is 10.2 Å². The van der Waals surface area contributed by atoms with Crippen LogP contribution in [-0.2, 0) is 0 Å².